The monoisotopic (exact) mass is 314 g/mol. The van der Waals surface area contributed by atoms with E-state index in [1.807, 2.05) is 0 Å². The maximum absolute atomic E-state index is 13.3. The third-order valence-corrected chi connectivity index (χ3v) is 3.19. The first-order valence-corrected chi connectivity index (χ1v) is 6.34. The number of hydrogen-bond acceptors (Lipinski definition) is 3. The number of anilines is 1. The lowest BCUT2D eigenvalue weighted by Gasteiger charge is -2.08. The fourth-order valence-corrected chi connectivity index (χ4v) is 2.04. The van der Waals surface area contributed by atoms with Crippen molar-refractivity contribution in [1.82, 2.24) is 0 Å². The van der Waals surface area contributed by atoms with E-state index < -0.39 is 10.7 Å². The molecule has 104 valence electrons. The standard InChI is InChI=1S/C13H9Cl2FN2O2/c14-9-1-2-13(15)8(3-9)7-17-11-4-10(16)5-12(6-11)18(19)20/h1-6,17H,7H2. The van der Waals surface area contributed by atoms with Crippen LogP contribution in [0.1, 0.15) is 5.56 Å². The van der Waals surface area contributed by atoms with Crippen molar-refractivity contribution in [1.29, 1.82) is 0 Å². The number of halogens is 3. The van der Waals surface area contributed by atoms with Gasteiger partial charge in [-0.3, -0.25) is 10.1 Å². The summed E-state index contributed by atoms with van der Waals surface area (Å²) in [6.07, 6.45) is 0. The molecule has 0 unspecified atom stereocenters. The molecular weight excluding hydrogens is 306 g/mol. The Morgan fingerprint density at radius 3 is 2.65 bits per heavy atom. The summed E-state index contributed by atoms with van der Waals surface area (Å²) in [5, 5.41) is 14.6. The lowest BCUT2D eigenvalue weighted by Crippen LogP contribution is -2.01. The zero-order valence-electron chi connectivity index (χ0n) is 10.1. The minimum absolute atomic E-state index is 0.278. The van der Waals surface area contributed by atoms with E-state index in [0.29, 0.717) is 21.3 Å². The molecule has 0 bridgehead atoms. The van der Waals surface area contributed by atoms with E-state index in [2.05, 4.69) is 5.32 Å². The number of nitro benzene ring substituents is 1. The van der Waals surface area contributed by atoms with E-state index in [9.17, 15) is 14.5 Å². The van der Waals surface area contributed by atoms with Gasteiger partial charge in [-0.25, -0.2) is 4.39 Å². The van der Waals surface area contributed by atoms with Gasteiger partial charge in [0.05, 0.1) is 11.0 Å². The van der Waals surface area contributed by atoms with E-state index in [1.165, 1.54) is 12.1 Å². The molecule has 0 spiro atoms. The molecule has 1 N–H and O–H groups in total. The third kappa shape index (κ3) is 3.59. The van der Waals surface area contributed by atoms with Crippen LogP contribution in [-0.2, 0) is 6.54 Å². The summed E-state index contributed by atoms with van der Waals surface area (Å²) in [4.78, 5) is 10.00. The largest absolute Gasteiger partial charge is 0.381 e. The fourth-order valence-electron chi connectivity index (χ4n) is 1.66. The Kier molecular flexibility index (Phi) is 4.42. The fraction of sp³-hybridized carbons (Fsp3) is 0.0769. The quantitative estimate of drug-likeness (QED) is 0.660. The Balaban J connectivity index is 2.18. The number of nitrogens with zero attached hydrogens (tertiary/aromatic N) is 1. The smallest absolute Gasteiger partial charge is 0.274 e. The second kappa shape index (κ2) is 6.07. The predicted octanol–water partition coefficient (Wildman–Crippen LogP) is 4.65. The molecule has 0 fully saturated rings. The highest BCUT2D eigenvalue weighted by Crippen LogP contribution is 2.24. The van der Waals surface area contributed by atoms with Crippen LogP contribution in [0.25, 0.3) is 0 Å². The van der Waals surface area contributed by atoms with Crippen molar-refractivity contribution in [2.24, 2.45) is 0 Å². The van der Waals surface area contributed by atoms with Crippen molar-refractivity contribution in [2.45, 2.75) is 6.54 Å². The summed E-state index contributed by atoms with van der Waals surface area (Å²) >= 11 is 11.8. The van der Waals surface area contributed by atoms with Gasteiger partial charge in [0.25, 0.3) is 5.69 Å². The van der Waals surface area contributed by atoms with Crippen LogP contribution in [0.15, 0.2) is 36.4 Å². The zero-order valence-corrected chi connectivity index (χ0v) is 11.6. The second-order valence-corrected chi connectivity index (χ2v) is 4.89. The molecule has 0 amide bonds. The van der Waals surface area contributed by atoms with E-state index in [-0.39, 0.29) is 12.2 Å². The van der Waals surface area contributed by atoms with E-state index in [4.69, 9.17) is 23.2 Å². The van der Waals surface area contributed by atoms with Crippen molar-refractivity contribution in [3.63, 3.8) is 0 Å². The van der Waals surface area contributed by atoms with E-state index in [0.717, 1.165) is 6.07 Å². The molecule has 0 saturated heterocycles. The number of nitrogens with one attached hydrogen (secondary N) is 1. The molecule has 0 aliphatic carbocycles. The van der Waals surface area contributed by atoms with Crippen molar-refractivity contribution in [2.75, 3.05) is 5.32 Å². The lowest BCUT2D eigenvalue weighted by atomic mass is 10.2. The number of benzene rings is 2. The van der Waals surface area contributed by atoms with Gasteiger partial charge >= 0.3 is 0 Å². The van der Waals surface area contributed by atoms with Gasteiger partial charge in [0.15, 0.2) is 0 Å². The molecule has 7 heteroatoms. The molecule has 2 aromatic carbocycles. The highest BCUT2D eigenvalue weighted by Gasteiger charge is 2.10. The zero-order chi connectivity index (χ0) is 14.7. The summed E-state index contributed by atoms with van der Waals surface area (Å²) < 4.78 is 13.3. The number of hydrogen-bond donors (Lipinski definition) is 1. The average Bonchev–Trinajstić information content (AvgIpc) is 2.39. The first-order chi connectivity index (χ1) is 9.45. The Morgan fingerprint density at radius 2 is 1.95 bits per heavy atom. The van der Waals surface area contributed by atoms with Crippen LogP contribution >= 0.6 is 23.2 Å². The topological polar surface area (TPSA) is 55.2 Å². The molecule has 4 nitrogen and oxygen atoms in total. The van der Waals surface area contributed by atoms with Gasteiger partial charge in [0.1, 0.15) is 5.82 Å². The summed E-state index contributed by atoms with van der Waals surface area (Å²) in [7, 11) is 0. The van der Waals surface area contributed by atoms with Crippen LogP contribution in [0.5, 0.6) is 0 Å². The molecule has 0 aliphatic heterocycles. The van der Waals surface area contributed by atoms with Crippen LogP contribution in [0.2, 0.25) is 10.0 Å². The maximum Gasteiger partial charge on any atom is 0.274 e. The van der Waals surface area contributed by atoms with E-state index >= 15 is 0 Å². The van der Waals surface area contributed by atoms with Crippen molar-refractivity contribution in [3.05, 3.63) is 67.9 Å². The first kappa shape index (κ1) is 14.6. The molecule has 0 atom stereocenters. The normalized spacial score (nSPS) is 10.3. The van der Waals surface area contributed by atoms with Gasteiger partial charge in [0, 0.05) is 28.3 Å². The lowest BCUT2D eigenvalue weighted by molar-refractivity contribution is -0.385. The van der Waals surface area contributed by atoms with Crippen LogP contribution in [0.4, 0.5) is 15.8 Å². The Hall–Kier alpha value is -1.85. The number of nitro groups is 1. The molecule has 0 saturated carbocycles. The minimum Gasteiger partial charge on any atom is -0.381 e. The Bertz CT molecular complexity index is 665. The molecule has 0 heterocycles. The van der Waals surface area contributed by atoms with E-state index in [1.54, 1.807) is 18.2 Å². The summed E-state index contributed by atoms with van der Waals surface area (Å²) in [5.74, 6) is -0.682. The first-order valence-electron chi connectivity index (χ1n) is 5.58. The Labute approximate surface area is 124 Å². The average molecular weight is 315 g/mol. The van der Waals surface area contributed by atoms with Crippen molar-refractivity contribution < 1.29 is 9.31 Å². The van der Waals surface area contributed by atoms with Gasteiger partial charge < -0.3 is 5.32 Å². The molecule has 2 rings (SSSR count). The van der Waals surface area contributed by atoms with Crippen LogP contribution < -0.4 is 5.32 Å². The van der Waals surface area contributed by atoms with Crippen molar-refractivity contribution in [3.8, 4) is 0 Å². The van der Waals surface area contributed by atoms with Crippen molar-refractivity contribution >= 4 is 34.6 Å². The Morgan fingerprint density at radius 1 is 1.20 bits per heavy atom. The highest BCUT2D eigenvalue weighted by atomic mass is 35.5. The second-order valence-electron chi connectivity index (χ2n) is 4.04. The molecule has 20 heavy (non-hydrogen) atoms. The predicted molar refractivity (Wildman–Crippen MR) is 76.8 cm³/mol. The van der Waals surface area contributed by atoms with Crippen LogP contribution in [0.3, 0.4) is 0 Å². The van der Waals surface area contributed by atoms with Gasteiger partial charge in [-0.1, -0.05) is 23.2 Å². The molecule has 0 aliphatic rings. The molecule has 0 radical (unpaired) electrons. The maximum atomic E-state index is 13.3. The molecular formula is C13H9Cl2FN2O2. The van der Waals surface area contributed by atoms with Gasteiger partial charge in [-0.05, 0) is 29.8 Å². The van der Waals surface area contributed by atoms with Crippen LogP contribution in [0, 0.1) is 15.9 Å². The summed E-state index contributed by atoms with van der Waals surface area (Å²) in [6, 6.07) is 8.25. The van der Waals surface area contributed by atoms with Gasteiger partial charge in [-0.2, -0.15) is 0 Å². The summed E-state index contributed by atoms with van der Waals surface area (Å²) in [6.45, 7) is 0.278. The SMILES string of the molecule is O=[N+]([O-])c1cc(F)cc(NCc2cc(Cl)ccc2Cl)c1. The summed E-state index contributed by atoms with van der Waals surface area (Å²) in [5.41, 5.74) is 0.698. The third-order valence-electron chi connectivity index (χ3n) is 2.58. The van der Waals surface area contributed by atoms with Gasteiger partial charge in [0.2, 0.25) is 0 Å². The number of rotatable bonds is 4. The van der Waals surface area contributed by atoms with Gasteiger partial charge in [-0.15, -0.1) is 0 Å². The highest BCUT2D eigenvalue weighted by molar-refractivity contribution is 6.33. The number of non-ortho nitro benzene ring substituents is 1. The van der Waals surface area contributed by atoms with Crippen LogP contribution in [-0.4, -0.2) is 4.92 Å². The minimum atomic E-state index is -0.682. The molecule has 2 aromatic rings. The molecule has 0 aromatic heterocycles.